The Morgan fingerprint density at radius 2 is 1.61 bits per heavy atom. The summed E-state index contributed by atoms with van der Waals surface area (Å²) in [7, 11) is 2.96. The first kappa shape index (κ1) is 21.6. The number of carbonyl (C=O) groups excluding carboxylic acids is 2. The van der Waals surface area contributed by atoms with E-state index < -0.39 is 17.9 Å². The van der Waals surface area contributed by atoms with Crippen LogP contribution >= 0.6 is 15.9 Å². The average Bonchev–Trinajstić information content (AvgIpc) is 2.69. The van der Waals surface area contributed by atoms with E-state index in [9.17, 15) is 9.59 Å². The molecule has 1 unspecified atom stereocenters. The Hall–Kier alpha value is -2.74. The van der Waals surface area contributed by atoms with Crippen molar-refractivity contribution in [3.63, 3.8) is 0 Å². The van der Waals surface area contributed by atoms with Crippen LogP contribution in [0, 0.1) is 13.8 Å². The van der Waals surface area contributed by atoms with E-state index in [4.69, 9.17) is 14.2 Å². The van der Waals surface area contributed by atoms with Crippen LogP contribution in [0.25, 0.3) is 0 Å². The summed E-state index contributed by atoms with van der Waals surface area (Å²) in [6, 6.07) is 8.69. The first-order valence-corrected chi connectivity index (χ1v) is 9.32. The number of nitrogens with one attached hydrogen (secondary N) is 2. The standard InChI is InChI=1S/C20H23BrN2O5/c1-11-7-6-8-15(12(11)2)28-13(3)19(24)22-23-20(25)14-9-16(26-4)18(21)17(10-14)27-5/h6-10,13H,1-5H3,(H,22,24)(H,23,25). The normalized spacial score (nSPS) is 11.4. The molecule has 2 rings (SSSR count). The number of carbonyl (C=O) groups is 2. The van der Waals surface area contributed by atoms with Crippen molar-refractivity contribution in [2.45, 2.75) is 26.9 Å². The van der Waals surface area contributed by atoms with Gasteiger partial charge < -0.3 is 14.2 Å². The van der Waals surface area contributed by atoms with Gasteiger partial charge in [-0.25, -0.2) is 0 Å². The lowest BCUT2D eigenvalue weighted by Crippen LogP contribution is -2.47. The highest BCUT2D eigenvalue weighted by Crippen LogP contribution is 2.35. The van der Waals surface area contributed by atoms with Crippen molar-refractivity contribution >= 4 is 27.7 Å². The molecule has 8 heteroatoms. The van der Waals surface area contributed by atoms with Gasteiger partial charge in [0.1, 0.15) is 21.7 Å². The summed E-state index contributed by atoms with van der Waals surface area (Å²) >= 11 is 3.34. The molecule has 0 radical (unpaired) electrons. The molecule has 150 valence electrons. The maximum absolute atomic E-state index is 12.4. The SMILES string of the molecule is COc1cc(C(=O)NNC(=O)C(C)Oc2cccc(C)c2C)cc(OC)c1Br. The molecule has 2 N–H and O–H groups in total. The van der Waals surface area contributed by atoms with E-state index in [1.165, 1.54) is 26.4 Å². The number of hydrogen-bond acceptors (Lipinski definition) is 5. The number of halogens is 1. The van der Waals surface area contributed by atoms with Gasteiger partial charge in [0.15, 0.2) is 6.10 Å². The van der Waals surface area contributed by atoms with Crippen LogP contribution in [0.15, 0.2) is 34.8 Å². The zero-order valence-corrected chi connectivity index (χ0v) is 18.0. The maximum Gasteiger partial charge on any atom is 0.279 e. The molecule has 2 aromatic carbocycles. The van der Waals surface area contributed by atoms with Gasteiger partial charge in [0.2, 0.25) is 0 Å². The van der Waals surface area contributed by atoms with Gasteiger partial charge in [-0.2, -0.15) is 0 Å². The number of hydrogen-bond donors (Lipinski definition) is 2. The molecule has 0 spiro atoms. The summed E-state index contributed by atoms with van der Waals surface area (Å²) in [6.07, 6.45) is -0.796. The molecular weight excluding hydrogens is 428 g/mol. The molecule has 0 saturated heterocycles. The van der Waals surface area contributed by atoms with Gasteiger partial charge >= 0.3 is 0 Å². The fourth-order valence-corrected chi connectivity index (χ4v) is 2.94. The molecule has 0 aromatic heterocycles. The van der Waals surface area contributed by atoms with Crippen molar-refractivity contribution in [1.82, 2.24) is 10.9 Å². The number of hydrazine groups is 1. The minimum absolute atomic E-state index is 0.264. The van der Waals surface area contributed by atoms with Crippen LogP contribution in [0.2, 0.25) is 0 Å². The third-order valence-electron chi connectivity index (χ3n) is 4.24. The highest BCUT2D eigenvalue weighted by atomic mass is 79.9. The van der Waals surface area contributed by atoms with E-state index in [1.807, 2.05) is 26.0 Å². The number of rotatable bonds is 6. The van der Waals surface area contributed by atoms with E-state index in [0.717, 1.165) is 11.1 Å². The van der Waals surface area contributed by atoms with Crippen LogP contribution < -0.4 is 25.1 Å². The van der Waals surface area contributed by atoms with Crippen molar-refractivity contribution in [3.8, 4) is 17.2 Å². The van der Waals surface area contributed by atoms with Gasteiger partial charge in [0, 0.05) is 5.56 Å². The average molecular weight is 451 g/mol. The molecular formula is C20H23BrN2O5. The van der Waals surface area contributed by atoms with Crippen molar-refractivity contribution < 1.29 is 23.8 Å². The summed E-state index contributed by atoms with van der Waals surface area (Å²) in [5.74, 6) is 0.489. The molecule has 2 amide bonds. The first-order valence-electron chi connectivity index (χ1n) is 8.53. The van der Waals surface area contributed by atoms with Crippen LogP contribution in [0.4, 0.5) is 0 Å². The number of methoxy groups -OCH3 is 2. The fraction of sp³-hybridized carbons (Fsp3) is 0.300. The van der Waals surface area contributed by atoms with Gasteiger partial charge in [0.25, 0.3) is 11.8 Å². The first-order chi connectivity index (χ1) is 13.3. The van der Waals surface area contributed by atoms with Crippen LogP contribution in [-0.2, 0) is 4.79 Å². The molecule has 28 heavy (non-hydrogen) atoms. The Labute approximate surface area is 172 Å². The molecule has 0 aliphatic carbocycles. The highest BCUT2D eigenvalue weighted by molar-refractivity contribution is 9.10. The summed E-state index contributed by atoms with van der Waals surface area (Å²) in [6.45, 7) is 5.49. The largest absolute Gasteiger partial charge is 0.495 e. The Balaban J connectivity index is 2.02. The Bertz CT molecular complexity index is 860. The zero-order chi connectivity index (χ0) is 20.8. The lowest BCUT2D eigenvalue weighted by molar-refractivity contribution is -0.128. The molecule has 0 saturated carbocycles. The summed E-state index contributed by atoms with van der Waals surface area (Å²) in [5.41, 5.74) is 7.03. The number of benzene rings is 2. The fourth-order valence-electron chi connectivity index (χ4n) is 2.39. The van der Waals surface area contributed by atoms with Crippen molar-refractivity contribution in [3.05, 3.63) is 51.5 Å². The van der Waals surface area contributed by atoms with Gasteiger partial charge in [-0.3, -0.25) is 20.4 Å². The highest BCUT2D eigenvalue weighted by Gasteiger charge is 2.19. The molecule has 1 atom stereocenters. The minimum atomic E-state index is -0.796. The monoisotopic (exact) mass is 450 g/mol. The molecule has 0 aliphatic heterocycles. The summed E-state index contributed by atoms with van der Waals surface area (Å²) in [4.78, 5) is 24.7. The number of aryl methyl sites for hydroxylation is 1. The second-order valence-corrected chi connectivity index (χ2v) is 6.89. The Kier molecular flexibility index (Phi) is 7.28. The van der Waals surface area contributed by atoms with Crippen LogP contribution in [-0.4, -0.2) is 32.1 Å². The molecule has 0 aliphatic rings. The van der Waals surface area contributed by atoms with Crippen molar-refractivity contribution in [2.24, 2.45) is 0 Å². The predicted molar refractivity (Wildman–Crippen MR) is 109 cm³/mol. The van der Waals surface area contributed by atoms with Crippen LogP contribution in [0.1, 0.15) is 28.4 Å². The molecule has 0 heterocycles. The van der Waals surface area contributed by atoms with E-state index >= 15 is 0 Å². The summed E-state index contributed by atoms with van der Waals surface area (Å²) < 4.78 is 16.7. The smallest absolute Gasteiger partial charge is 0.279 e. The van der Waals surface area contributed by atoms with Gasteiger partial charge in [-0.1, -0.05) is 12.1 Å². The zero-order valence-electron chi connectivity index (χ0n) is 16.4. The lowest BCUT2D eigenvalue weighted by atomic mass is 10.1. The minimum Gasteiger partial charge on any atom is -0.495 e. The quantitative estimate of drug-likeness (QED) is 0.659. The van der Waals surface area contributed by atoms with E-state index in [-0.39, 0.29) is 5.56 Å². The van der Waals surface area contributed by atoms with Crippen LogP contribution in [0.5, 0.6) is 17.2 Å². The Morgan fingerprint density at radius 3 is 2.18 bits per heavy atom. The predicted octanol–water partition coefficient (Wildman–Crippen LogP) is 3.31. The van der Waals surface area contributed by atoms with Crippen molar-refractivity contribution in [1.29, 1.82) is 0 Å². The van der Waals surface area contributed by atoms with Gasteiger partial charge in [-0.05, 0) is 66.0 Å². The second kappa shape index (κ2) is 9.45. The maximum atomic E-state index is 12.4. The second-order valence-electron chi connectivity index (χ2n) is 6.10. The number of amides is 2. The molecule has 0 fully saturated rings. The summed E-state index contributed by atoms with van der Waals surface area (Å²) in [5, 5.41) is 0. The van der Waals surface area contributed by atoms with E-state index in [0.29, 0.717) is 21.7 Å². The topological polar surface area (TPSA) is 85.9 Å². The molecule has 7 nitrogen and oxygen atoms in total. The number of ether oxygens (including phenoxy) is 3. The van der Waals surface area contributed by atoms with Crippen LogP contribution in [0.3, 0.4) is 0 Å². The van der Waals surface area contributed by atoms with E-state index in [1.54, 1.807) is 13.0 Å². The van der Waals surface area contributed by atoms with Gasteiger partial charge in [0.05, 0.1) is 14.2 Å². The van der Waals surface area contributed by atoms with Gasteiger partial charge in [-0.15, -0.1) is 0 Å². The van der Waals surface area contributed by atoms with E-state index in [2.05, 4.69) is 26.8 Å². The Morgan fingerprint density at radius 1 is 1.00 bits per heavy atom. The third-order valence-corrected chi connectivity index (χ3v) is 5.02. The van der Waals surface area contributed by atoms with Crippen molar-refractivity contribution in [2.75, 3.05) is 14.2 Å². The molecule has 0 bridgehead atoms. The lowest BCUT2D eigenvalue weighted by Gasteiger charge is -2.17. The third kappa shape index (κ3) is 4.95. The molecule has 2 aromatic rings.